The summed E-state index contributed by atoms with van der Waals surface area (Å²) in [6, 6.07) is 11.5. The van der Waals surface area contributed by atoms with Gasteiger partial charge in [-0.1, -0.05) is 25.1 Å². The minimum absolute atomic E-state index is 0.0781. The summed E-state index contributed by atoms with van der Waals surface area (Å²) in [7, 11) is 0. The van der Waals surface area contributed by atoms with Gasteiger partial charge in [-0.3, -0.25) is 4.90 Å². The number of urea groups is 1. The van der Waals surface area contributed by atoms with Crippen molar-refractivity contribution in [3.05, 3.63) is 54.0 Å². The molecule has 0 radical (unpaired) electrons. The van der Waals surface area contributed by atoms with Gasteiger partial charge in [0, 0.05) is 18.2 Å². The minimum atomic E-state index is -0.138. The largest absolute Gasteiger partial charge is 0.467 e. The molecule has 1 aliphatic heterocycles. The molecule has 2 aromatic rings. The van der Waals surface area contributed by atoms with Crippen LogP contribution in [0.3, 0.4) is 0 Å². The third-order valence-corrected chi connectivity index (χ3v) is 3.77. The lowest BCUT2D eigenvalue weighted by Crippen LogP contribution is -2.40. The molecule has 2 unspecified atom stereocenters. The molecule has 0 saturated carbocycles. The quantitative estimate of drug-likeness (QED) is 0.904. The first-order valence-corrected chi connectivity index (χ1v) is 6.87. The van der Waals surface area contributed by atoms with Gasteiger partial charge < -0.3 is 9.73 Å². The zero-order chi connectivity index (χ0) is 14.1. The Labute approximate surface area is 118 Å². The predicted octanol–water partition coefficient (Wildman–Crippen LogP) is 3.67. The fraction of sp³-hybridized carbons (Fsp3) is 0.312. The molecule has 0 aliphatic carbocycles. The van der Waals surface area contributed by atoms with Gasteiger partial charge in [-0.25, -0.2) is 4.79 Å². The molecule has 0 saturated heterocycles. The number of amides is 2. The maximum Gasteiger partial charge on any atom is 0.322 e. The van der Waals surface area contributed by atoms with Crippen LogP contribution in [0.1, 0.15) is 37.1 Å². The normalized spacial score (nSPS) is 18.7. The zero-order valence-corrected chi connectivity index (χ0v) is 11.7. The van der Waals surface area contributed by atoms with Crippen LogP contribution in [0.5, 0.6) is 0 Å². The van der Waals surface area contributed by atoms with Crippen LogP contribution in [0.2, 0.25) is 0 Å². The van der Waals surface area contributed by atoms with Gasteiger partial charge in [-0.2, -0.15) is 0 Å². The van der Waals surface area contributed by atoms with Crippen molar-refractivity contribution in [2.24, 2.45) is 0 Å². The predicted molar refractivity (Wildman–Crippen MR) is 77.9 cm³/mol. The second-order valence-corrected chi connectivity index (χ2v) is 5.26. The summed E-state index contributed by atoms with van der Waals surface area (Å²) < 4.78 is 5.32. The number of hydrogen-bond acceptors (Lipinski definition) is 2. The minimum Gasteiger partial charge on any atom is -0.467 e. The molecule has 0 spiro atoms. The highest BCUT2D eigenvalue weighted by molar-refractivity contribution is 5.94. The van der Waals surface area contributed by atoms with Gasteiger partial charge in [-0.05, 0) is 30.7 Å². The molecule has 1 aromatic carbocycles. The highest BCUT2D eigenvalue weighted by Crippen LogP contribution is 2.35. The SMILES string of the molecule is CC1CN(C(=O)NC(C)c2ccco2)c2ccccc21. The third-order valence-electron chi connectivity index (χ3n) is 3.77. The zero-order valence-electron chi connectivity index (χ0n) is 11.7. The summed E-state index contributed by atoms with van der Waals surface area (Å²) >= 11 is 0. The Balaban J connectivity index is 1.76. The fourth-order valence-corrected chi connectivity index (χ4v) is 2.68. The molecule has 0 fully saturated rings. The van der Waals surface area contributed by atoms with Crippen molar-refractivity contribution in [1.82, 2.24) is 5.32 Å². The Kier molecular flexibility index (Phi) is 3.22. The third kappa shape index (κ3) is 2.18. The molecule has 1 N–H and O–H groups in total. The molecule has 2 heterocycles. The second-order valence-electron chi connectivity index (χ2n) is 5.26. The molecule has 2 atom stereocenters. The molecule has 1 aliphatic rings. The van der Waals surface area contributed by atoms with E-state index in [1.807, 2.05) is 37.3 Å². The number of carbonyl (C=O) groups excluding carboxylic acids is 1. The van der Waals surface area contributed by atoms with E-state index in [4.69, 9.17) is 4.42 Å². The van der Waals surface area contributed by atoms with Gasteiger partial charge in [0.1, 0.15) is 5.76 Å². The number of fused-ring (bicyclic) bond motifs is 1. The first-order valence-electron chi connectivity index (χ1n) is 6.87. The smallest absolute Gasteiger partial charge is 0.322 e. The first-order chi connectivity index (χ1) is 9.66. The van der Waals surface area contributed by atoms with Gasteiger partial charge in [0.2, 0.25) is 0 Å². The lowest BCUT2D eigenvalue weighted by Gasteiger charge is -2.20. The fourth-order valence-electron chi connectivity index (χ4n) is 2.68. The molecule has 1 aromatic heterocycles. The lowest BCUT2D eigenvalue weighted by molar-refractivity contribution is 0.242. The number of nitrogens with one attached hydrogen (secondary N) is 1. The topological polar surface area (TPSA) is 45.5 Å². The van der Waals surface area contributed by atoms with Crippen LogP contribution in [-0.2, 0) is 0 Å². The van der Waals surface area contributed by atoms with Gasteiger partial charge >= 0.3 is 6.03 Å². The van der Waals surface area contributed by atoms with Crippen LogP contribution >= 0.6 is 0 Å². The van der Waals surface area contributed by atoms with Crippen LogP contribution in [-0.4, -0.2) is 12.6 Å². The van der Waals surface area contributed by atoms with Crippen molar-refractivity contribution in [3.63, 3.8) is 0 Å². The van der Waals surface area contributed by atoms with Gasteiger partial charge in [0.25, 0.3) is 0 Å². The van der Waals surface area contributed by atoms with E-state index in [-0.39, 0.29) is 12.1 Å². The van der Waals surface area contributed by atoms with E-state index in [0.717, 1.165) is 18.0 Å². The average molecular weight is 270 g/mol. The van der Waals surface area contributed by atoms with Crippen LogP contribution in [0.4, 0.5) is 10.5 Å². The molecule has 2 amide bonds. The van der Waals surface area contributed by atoms with Crippen molar-refractivity contribution in [3.8, 4) is 0 Å². The summed E-state index contributed by atoms with van der Waals surface area (Å²) in [5.41, 5.74) is 2.23. The van der Waals surface area contributed by atoms with Gasteiger partial charge in [0.05, 0.1) is 12.3 Å². The van der Waals surface area contributed by atoms with E-state index in [0.29, 0.717) is 5.92 Å². The van der Waals surface area contributed by atoms with E-state index in [1.54, 1.807) is 11.2 Å². The summed E-state index contributed by atoms with van der Waals surface area (Å²) in [6.45, 7) is 4.78. The van der Waals surface area contributed by atoms with E-state index in [1.165, 1.54) is 5.56 Å². The number of furan rings is 1. The Morgan fingerprint density at radius 2 is 2.15 bits per heavy atom. The van der Waals surface area contributed by atoms with E-state index in [9.17, 15) is 4.79 Å². The monoisotopic (exact) mass is 270 g/mol. The van der Waals surface area contributed by atoms with E-state index in [2.05, 4.69) is 18.3 Å². The van der Waals surface area contributed by atoms with Gasteiger partial charge in [-0.15, -0.1) is 0 Å². The van der Waals surface area contributed by atoms with Crippen molar-refractivity contribution in [2.75, 3.05) is 11.4 Å². The van der Waals surface area contributed by atoms with Crippen molar-refractivity contribution in [1.29, 1.82) is 0 Å². The summed E-state index contributed by atoms with van der Waals surface area (Å²) in [5, 5.41) is 2.98. The average Bonchev–Trinajstić information content (AvgIpc) is 3.07. The van der Waals surface area contributed by atoms with Gasteiger partial charge in [0.15, 0.2) is 0 Å². The van der Waals surface area contributed by atoms with Crippen LogP contribution in [0, 0.1) is 0 Å². The Morgan fingerprint density at radius 1 is 1.35 bits per heavy atom. The summed E-state index contributed by atoms with van der Waals surface area (Å²) in [6.07, 6.45) is 1.62. The Hall–Kier alpha value is -2.23. The van der Waals surface area contributed by atoms with Crippen LogP contribution < -0.4 is 10.2 Å². The number of para-hydroxylation sites is 1. The van der Waals surface area contributed by atoms with Crippen LogP contribution in [0.15, 0.2) is 47.1 Å². The summed E-state index contributed by atoms with van der Waals surface area (Å²) in [5.74, 6) is 1.13. The molecule has 4 nitrogen and oxygen atoms in total. The molecule has 3 rings (SSSR count). The summed E-state index contributed by atoms with van der Waals surface area (Å²) in [4.78, 5) is 14.2. The highest BCUT2D eigenvalue weighted by atomic mass is 16.3. The van der Waals surface area contributed by atoms with E-state index < -0.39 is 0 Å². The number of nitrogens with zero attached hydrogens (tertiary/aromatic N) is 1. The lowest BCUT2D eigenvalue weighted by atomic mass is 10.0. The standard InChI is InChI=1S/C16H18N2O2/c1-11-10-18(14-7-4-3-6-13(11)14)16(19)17-12(2)15-8-5-9-20-15/h3-9,11-12H,10H2,1-2H3,(H,17,19). The van der Waals surface area contributed by atoms with Crippen LogP contribution in [0.25, 0.3) is 0 Å². The molecule has 20 heavy (non-hydrogen) atoms. The van der Waals surface area contributed by atoms with Crippen molar-refractivity contribution < 1.29 is 9.21 Å². The number of hydrogen-bond donors (Lipinski definition) is 1. The van der Waals surface area contributed by atoms with Crippen molar-refractivity contribution >= 4 is 11.7 Å². The second kappa shape index (κ2) is 5.04. The number of benzene rings is 1. The molecule has 0 bridgehead atoms. The number of carbonyl (C=O) groups is 1. The molecular weight excluding hydrogens is 252 g/mol. The van der Waals surface area contributed by atoms with Crippen molar-refractivity contribution in [2.45, 2.75) is 25.8 Å². The maximum absolute atomic E-state index is 12.4. The first kappa shape index (κ1) is 12.8. The Morgan fingerprint density at radius 3 is 2.90 bits per heavy atom. The number of anilines is 1. The number of rotatable bonds is 2. The van der Waals surface area contributed by atoms with E-state index >= 15 is 0 Å². The maximum atomic E-state index is 12.4. The molecular formula is C16H18N2O2. The molecule has 104 valence electrons. The molecule has 4 heteroatoms. The highest BCUT2D eigenvalue weighted by Gasteiger charge is 2.30. The Bertz CT molecular complexity index is 607.